The lowest BCUT2D eigenvalue weighted by atomic mass is 9.87. The molecule has 0 spiro atoms. The fraction of sp³-hybridized carbons (Fsp3) is 0.500. The first-order valence-corrected chi connectivity index (χ1v) is 7.98. The van der Waals surface area contributed by atoms with E-state index >= 15 is 0 Å². The van der Waals surface area contributed by atoms with Crippen molar-refractivity contribution < 1.29 is 8.42 Å². The number of nitrogens with zero attached hydrogens (tertiary/aromatic N) is 1. The Bertz CT molecular complexity index is 572. The van der Waals surface area contributed by atoms with Gasteiger partial charge in [-0.3, -0.25) is 0 Å². The van der Waals surface area contributed by atoms with E-state index in [0.717, 1.165) is 24.8 Å². The lowest BCUT2D eigenvalue weighted by molar-refractivity contribution is 0.358. The van der Waals surface area contributed by atoms with Crippen molar-refractivity contribution in [3.05, 3.63) is 29.8 Å². The molecule has 2 rings (SSSR count). The predicted octanol–water partition coefficient (Wildman–Crippen LogP) is 2.36. The van der Waals surface area contributed by atoms with Gasteiger partial charge in [-0.2, -0.15) is 5.26 Å². The lowest BCUT2D eigenvalue weighted by Crippen LogP contribution is -2.38. The molecular formula is C14H18N2O2S. The van der Waals surface area contributed by atoms with E-state index < -0.39 is 10.0 Å². The van der Waals surface area contributed by atoms with Gasteiger partial charge in [-0.05, 0) is 38.3 Å². The number of hydrogen-bond donors (Lipinski definition) is 1. The molecule has 1 N–H and O–H groups in total. The third kappa shape index (κ3) is 3.55. The zero-order valence-electron chi connectivity index (χ0n) is 11.0. The molecule has 0 aromatic heterocycles. The Morgan fingerprint density at radius 2 is 1.95 bits per heavy atom. The molecule has 4 nitrogen and oxygen atoms in total. The normalized spacial score (nSPS) is 23.8. The van der Waals surface area contributed by atoms with E-state index in [2.05, 4.69) is 10.8 Å². The number of hydrogen-bond acceptors (Lipinski definition) is 3. The van der Waals surface area contributed by atoms with Gasteiger partial charge in [0.25, 0.3) is 0 Å². The van der Waals surface area contributed by atoms with Gasteiger partial charge >= 0.3 is 0 Å². The molecular weight excluding hydrogens is 260 g/mol. The number of aryl methyl sites for hydroxylation is 1. The zero-order chi connectivity index (χ0) is 13.9. The highest BCUT2D eigenvalue weighted by Gasteiger charge is 2.26. The molecule has 0 aliphatic heterocycles. The van der Waals surface area contributed by atoms with Gasteiger partial charge in [0.1, 0.15) is 0 Å². The Morgan fingerprint density at radius 1 is 1.26 bits per heavy atom. The largest absolute Gasteiger partial charge is 0.240 e. The highest BCUT2D eigenvalue weighted by molar-refractivity contribution is 7.89. The zero-order valence-corrected chi connectivity index (χ0v) is 11.8. The van der Waals surface area contributed by atoms with Crippen LogP contribution in [0.15, 0.2) is 29.2 Å². The van der Waals surface area contributed by atoms with Crippen LogP contribution in [0.3, 0.4) is 0 Å². The molecule has 0 saturated heterocycles. The maximum absolute atomic E-state index is 12.2. The lowest BCUT2D eigenvalue weighted by Gasteiger charge is -2.25. The van der Waals surface area contributed by atoms with Crippen LogP contribution in [0.2, 0.25) is 0 Å². The molecule has 1 fully saturated rings. The Balaban J connectivity index is 2.09. The van der Waals surface area contributed by atoms with Crippen molar-refractivity contribution in [2.24, 2.45) is 5.92 Å². The molecule has 0 bridgehead atoms. The van der Waals surface area contributed by atoms with Crippen molar-refractivity contribution in [1.82, 2.24) is 4.72 Å². The number of nitriles is 1. The Kier molecular flexibility index (Phi) is 4.23. The molecule has 1 aromatic rings. The van der Waals surface area contributed by atoms with E-state index in [1.165, 1.54) is 0 Å². The first-order chi connectivity index (χ1) is 9.01. The average molecular weight is 278 g/mol. The molecule has 0 heterocycles. The van der Waals surface area contributed by atoms with Crippen LogP contribution in [0.4, 0.5) is 0 Å². The molecule has 0 amide bonds. The molecule has 1 saturated carbocycles. The van der Waals surface area contributed by atoms with E-state index in [4.69, 9.17) is 5.26 Å². The van der Waals surface area contributed by atoms with Crippen molar-refractivity contribution in [2.45, 2.75) is 43.5 Å². The van der Waals surface area contributed by atoms with Gasteiger partial charge < -0.3 is 0 Å². The molecule has 1 aromatic carbocycles. The highest BCUT2D eigenvalue weighted by Crippen LogP contribution is 2.25. The first kappa shape index (κ1) is 14.0. The van der Waals surface area contributed by atoms with Crippen LogP contribution < -0.4 is 4.72 Å². The van der Waals surface area contributed by atoms with Gasteiger partial charge in [0.2, 0.25) is 10.0 Å². The summed E-state index contributed by atoms with van der Waals surface area (Å²) in [4.78, 5) is 0.289. The minimum absolute atomic E-state index is 0.0283. The van der Waals surface area contributed by atoms with Crippen LogP contribution >= 0.6 is 0 Å². The van der Waals surface area contributed by atoms with E-state index in [1.54, 1.807) is 24.3 Å². The quantitative estimate of drug-likeness (QED) is 0.922. The monoisotopic (exact) mass is 278 g/mol. The topological polar surface area (TPSA) is 70.0 Å². The van der Waals surface area contributed by atoms with Crippen LogP contribution in [-0.2, 0) is 10.0 Å². The Labute approximate surface area is 114 Å². The van der Waals surface area contributed by atoms with Crippen molar-refractivity contribution in [3.8, 4) is 6.07 Å². The van der Waals surface area contributed by atoms with E-state index in [-0.39, 0.29) is 16.9 Å². The summed E-state index contributed by atoms with van der Waals surface area (Å²) in [6.07, 6.45) is 3.20. The van der Waals surface area contributed by atoms with Gasteiger partial charge in [-0.1, -0.05) is 24.1 Å². The molecule has 5 heteroatoms. The van der Waals surface area contributed by atoms with Crippen LogP contribution in [0.5, 0.6) is 0 Å². The van der Waals surface area contributed by atoms with Crippen LogP contribution in [-0.4, -0.2) is 14.5 Å². The standard InChI is InChI=1S/C14H18N2O2S/c1-11-5-7-14(8-6-11)19(17,18)16-13-4-2-3-12(9-13)10-15/h5-8,12-13,16H,2-4,9H2,1H3/t12-,13-/m1/s1. The second-order valence-electron chi connectivity index (χ2n) is 5.12. The molecule has 1 aliphatic rings. The first-order valence-electron chi connectivity index (χ1n) is 6.50. The van der Waals surface area contributed by atoms with E-state index in [1.807, 2.05) is 6.92 Å². The summed E-state index contributed by atoms with van der Waals surface area (Å²) in [5, 5.41) is 8.93. The Morgan fingerprint density at radius 3 is 2.58 bits per heavy atom. The van der Waals surface area contributed by atoms with Gasteiger partial charge in [-0.25, -0.2) is 13.1 Å². The highest BCUT2D eigenvalue weighted by atomic mass is 32.2. The van der Waals surface area contributed by atoms with Gasteiger partial charge in [0, 0.05) is 12.0 Å². The van der Waals surface area contributed by atoms with Crippen molar-refractivity contribution in [1.29, 1.82) is 5.26 Å². The van der Waals surface area contributed by atoms with Crippen molar-refractivity contribution in [3.63, 3.8) is 0 Å². The fourth-order valence-corrected chi connectivity index (χ4v) is 3.70. The SMILES string of the molecule is Cc1ccc(S(=O)(=O)N[C@@H]2CCC[C@@H](C#N)C2)cc1. The molecule has 19 heavy (non-hydrogen) atoms. The van der Waals surface area contributed by atoms with Gasteiger partial charge in [-0.15, -0.1) is 0 Å². The third-order valence-electron chi connectivity index (χ3n) is 3.51. The predicted molar refractivity (Wildman–Crippen MR) is 72.9 cm³/mol. The van der Waals surface area contributed by atoms with Crippen molar-refractivity contribution >= 4 is 10.0 Å². The number of nitrogens with one attached hydrogen (secondary N) is 1. The maximum atomic E-state index is 12.2. The molecule has 1 aliphatic carbocycles. The summed E-state index contributed by atoms with van der Waals surface area (Å²) in [6.45, 7) is 1.92. The molecule has 102 valence electrons. The maximum Gasteiger partial charge on any atom is 0.240 e. The second-order valence-corrected chi connectivity index (χ2v) is 6.84. The number of sulfonamides is 1. The van der Waals surface area contributed by atoms with Gasteiger partial charge in [0.05, 0.1) is 11.0 Å². The third-order valence-corrected chi connectivity index (χ3v) is 5.05. The average Bonchev–Trinajstić information content (AvgIpc) is 2.39. The minimum atomic E-state index is -3.47. The summed E-state index contributed by atoms with van der Waals surface area (Å²) >= 11 is 0. The van der Waals surface area contributed by atoms with Crippen LogP contribution in [0, 0.1) is 24.2 Å². The molecule has 0 radical (unpaired) electrons. The Hall–Kier alpha value is -1.38. The molecule has 0 unspecified atom stereocenters. The smallest absolute Gasteiger partial charge is 0.208 e. The van der Waals surface area contributed by atoms with Crippen LogP contribution in [0.25, 0.3) is 0 Å². The summed E-state index contributed by atoms with van der Waals surface area (Å²) in [5.41, 5.74) is 1.03. The van der Waals surface area contributed by atoms with Gasteiger partial charge in [0.15, 0.2) is 0 Å². The van der Waals surface area contributed by atoms with E-state index in [9.17, 15) is 8.42 Å². The summed E-state index contributed by atoms with van der Waals surface area (Å²) < 4.78 is 27.1. The fourth-order valence-electron chi connectivity index (χ4n) is 2.42. The number of benzene rings is 1. The summed E-state index contributed by atoms with van der Waals surface area (Å²) in [7, 11) is -3.47. The molecule has 2 atom stereocenters. The summed E-state index contributed by atoms with van der Waals surface area (Å²) in [5.74, 6) is -0.0283. The summed E-state index contributed by atoms with van der Waals surface area (Å²) in [6, 6.07) is 8.91. The second kappa shape index (κ2) is 5.72. The van der Waals surface area contributed by atoms with Crippen LogP contribution in [0.1, 0.15) is 31.2 Å². The van der Waals surface area contributed by atoms with Crippen molar-refractivity contribution in [2.75, 3.05) is 0 Å². The number of rotatable bonds is 3. The van der Waals surface area contributed by atoms with E-state index in [0.29, 0.717) is 6.42 Å². The minimum Gasteiger partial charge on any atom is -0.208 e.